The number of allylic oxidation sites excluding steroid dienone is 1. The summed E-state index contributed by atoms with van der Waals surface area (Å²) in [6.07, 6.45) is 1.90. The summed E-state index contributed by atoms with van der Waals surface area (Å²) in [6, 6.07) is 28.7. The number of aromatic hydroxyl groups is 1. The van der Waals surface area contributed by atoms with E-state index in [1.807, 2.05) is 25.1 Å². The van der Waals surface area contributed by atoms with Gasteiger partial charge in [-0.05, 0) is 49.4 Å². The van der Waals surface area contributed by atoms with Gasteiger partial charge in [0.1, 0.15) is 11.6 Å². The molecule has 0 aliphatic carbocycles. The number of benzene rings is 4. The van der Waals surface area contributed by atoms with E-state index in [0.717, 1.165) is 43.9 Å². The molecule has 2 heterocycles. The average Bonchev–Trinajstić information content (AvgIpc) is 3.31. The van der Waals surface area contributed by atoms with E-state index in [2.05, 4.69) is 69.8 Å². The van der Waals surface area contributed by atoms with E-state index in [-0.39, 0.29) is 5.75 Å². The summed E-state index contributed by atoms with van der Waals surface area (Å²) in [5.41, 5.74) is 11.9. The first-order valence-corrected chi connectivity index (χ1v) is 10.4. The van der Waals surface area contributed by atoms with Gasteiger partial charge in [0.25, 0.3) is 0 Å². The summed E-state index contributed by atoms with van der Waals surface area (Å²) < 4.78 is 4.37. The van der Waals surface area contributed by atoms with Crippen LogP contribution in [0.25, 0.3) is 55.1 Å². The molecule has 4 aromatic carbocycles. The number of aromatic nitrogens is 2. The minimum absolute atomic E-state index is 0.225. The van der Waals surface area contributed by atoms with Crippen molar-refractivity contribution in [2.24, 2.45) is 5.73 Å². The first kappa shape index (κ1) is 17.7. The molecule has 2 aromatic heterocycles. The van der Waals surface area contributed by atoms with Crippen molar-refractivity contribution < 1.29 is 5.11 Å². The van der Waals surface area contributed by atoms with Crippen molar-refractivity contribution in [2.75, 3.05) is 0 Å². The normalized spacial score (nSPS) is 12.5. The van der Waals surface area contributed by atoms with Gasteiger partial charge < -0.3 is 15.4 Å². The summed E-state index contributed by atoms with van der Waals surface area (Å²) in [5.74, 6) is 0.859. The van der Waals surface area contributed by atoms with Gasteiger partial charge in [-0.1, -0.05) is 42.5 Å². The summed E-state index contributed by atoms with van der Waals surface area (Å²) in [5, 5.41) is 14.7. The van der Waals surface area contributed by atoms with Crippen LogP contribution in [0.2, 0.25) is 0 Å². The second kappa shape index (κ2) is 6.41. The fourth-order valence-corrected chi connectivity index (χ4v) is 4.80. The quantitative estimate of drug-likeness (QED) is 0.353. The maximum Gasteiger partial charge on any atom is 0.117 e. The molecule has 0 aliphatic rings. The first-order valence-electron chi connectivity index (χ1n) is 10.4. The van der Waals surface area contributed by atoms with Crippen molar-refractivity contribution in [3.63, 3.8) is 0 Å². The molecule has 6 rings (SSSR count). The molecule has 31 heavy (non-hydrogen) atoms. The van der Waals surface area contributed by atoms with E-state index in [1.54, 1.807) is 12.1 Å². The molecule has 0 unspecified atom stereocenters. The van der Waals surface area contributed by atoms with E-state index in [0.29, 0.717) is 5.82 Å². The molecule has 0 bridgehead atoms. The molecule has 4 nitrogen and oxygen atoms in total. The molecule has 0 amide bonds. The predicted octanol–water partition coefficient (Wildman–Crippen LogP) is 6.37. The number of fused-ring (bicyclic) bond motifs is 7. The highest BCUT2D eigenvalue weighted by Crippen LogP contribution is 2.41. The van der Waals surface area contributed by atoms with Crippen LogP contribution >= 0.6 is 0 Å². The number of nitrogens with zero attached hydrogens (tertiary/aromatic N) is 2. The summed E-state index contributed by atoms with van der Waals surface area (Å²) in [4.78, 5) is 0. The van der Waals surface area contributed by atoms with Gasteiger partial charge >= 0.3 is 0 Å². The van der Waals surface area contributed by atoms with Crippen LogP contribution in [-0.2, 0) is 0 Å². The maximum absolute atomic E-state index is 10.2. The number of nitrogens with two attached hydrogens (primary N) is 1. The minimum atomic E-state index is 0.225. The Morgan fingerprint density at radius 3 is 2.32 bits per heavy atom. The number of hydrogen-bond acceptors (Lipinski definition) is 2. The van der Waals surface area contributed by atoms with Crippen molar-refractivity contribution in [1.82, 2.24) is 9.13 Å². The predicted molar refractivity (Wildman–Crippen MR) is 130 cm³/mol. The Balaban J connectivity index is 1.93. The third-order valence-electron chi connectivity index (χ3n) is 6.12. The Bertz CT molecular complexity index is 1650. The lowest BCUT2D eigenvalue weighted by Gasteiger charge is -2.09. The van der Waals surface area contributed by atoms with Gasteiger partial charge in [-0.2, -0.15) is 0 Å². The fourth-order valence-electron chi connectivity index (χ4n) is 4.80. The van der Waals surface area contributed by atoms with Crippen LogP contribution in [0.5, 0.6) is 5.75 Å². The van der Waals surface area contributed by atoms with E-state index >= 15 is 0 Å². The van der Waals surface area contributed by atoms with E-state index < -0.39 is 0 Å². The maximum atomic E-state index is 10.2. The molecule has 4 heteroatoms. The van der Waals surface area contributed by atoms with Gasteiger partial charge in [-0.25, -0.2) is 0 Å². The van der Waals surface area contributed by atoms with Crippen LogP contribution in [0, 0.1) is 0 Å². The molecule has 6 aromatic rings. The molecular weight excluding hydrogens is 382 g/mol. The molecule has 0 radical (unpaired) electrons. The number of phenolic OH excluding ortho intramolecular Hbond substituents is 1. The summed E-state index contributed by atoms with van der Waals surface area (Å²) in [6.45, 7) is 1.93. The van der Waals surface area contributed by atoms with Crippen molar-refractivity contribution in [1.29, 1.82) is 0 Å². The lowest BCUT2D eigenvalue weighted by Crippen LogP contribution is -2.05. The number of phenols is 1. The van der Waals surface area contributed by atoms with Gasteiger partial charge in [0.15, 0.2) is 0 Å². The van der Waals surface area contributed by atoms with E-state index in [4.69, 9.17) is 5.73 Å². The summed E-state index contributed by atoms with van der Waals surface area (Å²) >= 11 is 0. The van der Waals surface area contributed by atoms with Crippen LogP contribution in [0.15, 0.2) is 91.0 Å². The second-order valence-corrected chi connectivity index (χ2v) is 7.79. The zero-order chi connectivity index (χ0) is 21.1. The Morgan fingerprint density at radius 2 is 1.52 bits per heavy atom. The van der Waals surface area contributed by atoms with Crippen LogP contribution < -0.4 is 5.73 Å². The number of hydrogen-bond donors (Lipinski definition) is 2. The third-order valence-corrected chi connectivity index (χ3v) is 6.12. The van der Waals surface area contributed by atoms with Crippen molar-refractivity contribution in [3.05, 3.63) is 91.0 Å². The molecule has 0 fully saturated rings. The van der Waals surface area contributed by atoms with Gasteiger partial charge in [-0.3, -0.25) is 4.57 Å². The van der Waals surface area contributed by atoms with E-state index in [1.165, 1.54) is 5.39 Å². The minimum Gasteiger partial charge on any atom is -0.508 e. The van der Waals surface area contributed by atoms with Crippen LogP contribution in [0.4, 0.5) is 0 Å². The van der Waals surface area contributed by atoms with Crippen molar-refractivity contribution in [2.45, 2.75) is 6.92 Å². The average molecular weight is 403 g/mol. The van der Waals surface area contributed by atoms with Crippen molar-refractivity contribution in [3.8, 4) is 11.4 Å². The van der Waals surface area contributed by atoms with Crippen LogP contribution in [0.1, 0.15) is 6.92 Å². The Hall–Kier alpha value is -4.18. The lowest BCUT2D eigenvalue weighted by molar-refractivity contribution is 0.476. The van der Waals surface area contributed by atoms with Gasteiger partial charge in [-0.15, -0.1) is 0 Å². The molecule has 3 N–H and O–H groups in total. The molecule has 0 saturated heterocycles. The highest BCUT2D eigenvalue weighted by molar-refractivity contribution is 6.26. The second-order valence-electron chi connectivity index (χ2n) is 7.79. The smallest absolute Gasteiger partial charge is 0.117 e. The Kier molecular flexibility index (Phi) is 3.65. The zero-order valence-electron chi connectivity index (χ0n) is 17.1. The first-order chi connectivity index (χ1) is 15.2. The number of para-hydroxylation sites is 2. The number of rotatable bonds is 2. The SMILES string of the molecule is C/C=C(\N)n1c2cc(O)ccc2c2ccc3c(c4ccccc4n3-c3ccccc3)c21. The monoisotopic (exact) mass is 403 g/mol. The molecule has 0 atom stereocenters. The molecule has 0 saturated carbocycles. The highest BCUT2D eigenvalue weighted by atomic mass is 16.3. The molecule has 150 valence electrons. The van der Waals surface area contributed by atoms with E-state index in [9.17, 15) is 5.11 Å². The third kappa shape index (κ3) is 2.36. The Labute approximate surface area is 179 Å². The van der Waals surface area contributed by atoms with Crippen LogP contribution in [-0.4, -0.2) is 14.2 Å². The Morgan fingerprint density at radius 1 is 0.774 bits per heavy atom. The topological polar surface area (TPSA) is 56.1 Å². The van der Waals surface area contributed by atoms with Crippen molar-refractivity contribution >= 4 is 49.4 Å². The summed E-state index contributed by atoms with van der Waals surface area (Å²) in [7, 11) is 0. The lowest BCUT2D eigenvalue weighted by atomic mass is 10.1. The largest absolute Gasteiger partial charge is 0.508 e. The van der Waals surface area contributed by atoms with Gasteiger partial charge in [0, 0.05) is 33.3 Å². The van der Waals surface area contributed by atoms with Crippen LogP contribution in [0.3, 0.4) is 0 Å². The molecular formula is C27H21N3O. The van der Waals surface area contributed by atoms with Gasteiger partial charge in [0.2, 0.25) is 0 Å². The molecule has 0 aliphatic heterocycles. The standard InChI is InChI=1S/C27H21N3O/c1-2-25(28)30-24-16-18(31)12-13-19(24)20-14-15-23-26(27(20)30)21-10-6-7-11-22(21)29(23)17-8-4-3-5-9-17/h2-16,31H,28H2,1H3/b25-2+. The zero-order valence-corrected chi connectivity index (χ0v) is 17.1. The fraction of sp³-hybridized carbons (Fsp3) is 0.0370. The van der Waals surface area contributed by atoms with Gasteiger partial charge in [0.05, 0.1) is 22.1 Å². The molecule has 0 spiro atoms. The highest BCUT2D eigenvalue weighted by Gasteiger charge is 2.20.